The Kier molecular flexibility index (Phi) is 2.40. The van der Waals surface area contributed by atoms with Crippen LogP contribution in [0.4, 0.5) is 5.69 Å². The summed E-state index contributed by atoms with van der Waals surface area (Å²) in [5, 5.41) is 8.97. The number of nitrogens with zero attached hydrogens (tertiary/aromatic N) is 1. The monoisotopic (exact) mass is 200 g/mol. The lowest BCUT2D eigenvalue weighted by atomic mass is 9.93. The zero-order valence-corrected chi connectivity index (χ0v) is 9.25. The predicted octanol–water partition coefficient (Wildman–Crippen LogP) is 3.14. The first-order valence-electron chi connectivity index (χ1n) is 5.47. The van der Waals surface area contributed by atoms with Crippen LogP contribution in [0.1, 0.15) is 55.2 Å². The lowest BCUT2D eigenvalue weighted by molar-refractivity contribution is 0.865. The number of hydrogen-bond donors (Lipinski definition) is 1. The number of hydrogen-bond acceptors (Lipinski definition) is 2. The van der Waals surface area contributed by atoms with Crippen LogP contribution in [0.5, 0.6) is 0 Å². The molecule has 15 heavy (non-hydrogen) atoms. The maximum absolute atomic E-state index is 8.97. The first-order chi connectivity index (χ1) is 7.13. The van der Waals surface area contributed by atoms with E-state index in [1.165, 1.54) is 18.4 Å². The van der Waals surface area contributed by atoms with Crippen LogP contribution in [0.15, 0.2) is 12.1 Å². The molecule has 0 radical (unpaired) electrons. The molecule has 0 heterocycles. The number of anilines is 1. The smallest absolute Gasteiger partial charge is 0.0991 e. The van der Waals surface area contributed by atoms with Crippen LogP contribution in [0.3, 0.4) is 0 Å². The fourth-order valence-corrected chi connectivity index (χ4v) is 1.97. The van der Waals surface area contributed by atoms with Crippen molar-refractivity contribution in [3.63, 3.8) is 0 Å². The van der Waals surface area contributed by atoms with E-state index >= 15 is 0 Å². The van der Waals surface area contributed by atoms with Crippen molar-refractivity contribution in [3.05, 3.63) is 28.8 Å². The molecule has 0 saturated heterocycles. The van der Waals surface area contributed by atoms with E-state index < -0.39 is 0 Å². The van der Waals surface area contributed by atoms with Crippen LogP contribution in [0.2, 0.25) is 0 Å². The molecule has 1 aromatic rings. The van der Waals surface area contributed by atoms with Gasteiger partial charge in [0.25, 0.3) is 0 Å². The van der Waals surface area contributed by atoms with Crippen LogP contribution >= 0.6 is 0 Å². The minimum Gasteiger partial charge on any atom is -0.398 e. The van der Waals surface area contributed by atoms with Gasteiger partial charge in [-0.25, -0.2) is 0 Å². The Hall–Kier alpha value is -1.49. The quantitative estimate of drug-likeness (QED) is 0.745. The molecule has 1 aromatic carbocycles. The Morgan fingerprint density at radius 1 is 1.40 bits per heavy atom. The summed E-state index contributed by atoms with van der Waals surface area (Å²) < 4.78 is 0. The van der Waals surface area contributed by atoms with E-state index in [1.807, 2.05) is 12.1 Å². The average molecular weight is 200 g/mol. The summed E-state index contributed by atoms with van der Waals surface area (Å²) in [5.74, 6) is 0.992. The summed E-state index contributed by atoms with van der Waals surface area (Å²) in [5.41, 5.74) is 10.1. The third kappa shape index (κ3) is 1.83. The van der Waals surface area contributed by atoms with Crippen molar-refractivity contribution in [2.45, 2.75) is 38.5 Å². The number of benzene rings is 1. The van der Waals surface area contributed by atoms with E-state index in [0.29, 0.717) is 11.8 Å². The second-order valence-electron chi connectivity index (χ2n) is 4.61. The minimum absolute atomic E-state index is 0.385. The van der Waals surface area contributed by atoms with Gasteiger partial charge in [0.2, 0.25) is 0 Å². The van der Waals surface area contributed by atoms with Crippen molar-refractivity contribution < 1.29 is 0 Å². The largest absolute Gasteiger partial charge is 0.398 e. The van der Waals surface area contributed by atoms with E-state index in [2.05, 4.69) is 19.9 Å². The highest BCUT2D eigenvalue weighted by molar-refractivity contribution is 5.61. The van der Waals surface area contributed by atoms with Crippen LogP contribution < -0.4 is 5.73 Å². The summed E-state index contributed by atoms with van der Waals surface area (Å²) in [6.07, 6.45) is 2.44. The second kappa shape index (κ2) is 3.58. The molecule has 2 heteroatoms. The predicted molar refractivity (Wildman–Crippen MR) is 61.6 cm³/mol. The van der Waals surface area contributed by atoms with E-state index in [4.69, 9.17) is 11.0 Å². The normalized spacial score (nSPS) is 15.3. The summed E-state index contributed by atoms with van der Waals surface area (Å²) >= 11 is 0. The number of nitrogens with two attached hydrogens (primary N) is 1. The summed E-state index contributed by atoms with van der Waals surface area (Å²) in [6.45, 7) is 4.23. The van der Waals surface area contributed by atoms with Crippen LogP contribution in [-0.4, -0.2) is 0 Å². The number of nitriles is 1. The molecule has 78 valence electrons. The SMILES string of the molecule is CC(C)c1cc(C#N)cc(C2CC2)c1N. The van der Waals surface area contributed by atoms with Crippen molar-refractivity contribution in [2.24, 2.45) is 0 Å². The van der Waals surface area contributed by atoms with Gasteiger partial charge in [-0.2, -0.15) is 5.26 Å². The van der Waals surface area contributed by atoms with Gasteiger partial charge in [-0.1, -0.05) is 13.8 Å². The van der Waals surface area contributed by atoms with E-state index in [9.17, 15) is 0 Å². The van der Waals surface area contributed by atoms with Crippen LogP contribution in [-0.2, 0) is 0 Å². The van der Waals surface area contributed by atoms with Crippen molar-refractivity contribution in [3.8, 4) is 6.07 Å². The fraction of sp³-hybridized carbons (Fsp3) is 0.462. The maximum atomic E-state index is 8.97. The van der Waals surface area contributed by atoms with Gasteiger partial charge < -0.3 is 5.73 Å². The van der Waals surface area contributed by atoms with Gasteiger partial charge in [0.05, 0.1) is 11.6 Å². The van der Waals surface area contributed by atoms with E-state index in [1.54, 1.807) is 0 Å². The summed E-state index contributed by atoms with van der Waals surface area (Å²) in [4.78, 5) is 0. The molecule has 0 amide bonds. The number of nitrogen functional groups attached to an aromatic ring is 1. The van der Waals surface area contributed by atoms with Crippen molar-refractivity contribution in [2.75, 3.05) is 5.73 Å². The van der Waals surface area contributed by atoms with Crippen molar-refractivity contribution in [1.82, 2.24) is 0 Å². The Labute approximate surface area is 90.7 Å². The summed E-state index contributed by atoms with van der Waals surface area (Å²) in [7, 11) is 0. The number of rotatable bonds is 2. The van der Waals surface area contributed by atoms with Crippen LogP contribution in [0.25, 0.3) is 0 Å². The highest BCUT2D eigenvalue weighted by Crippen LogP contribution is 2.44. The molecule has 2 rings (SSSR count). The fourth-order valence-electron chi connectivity index (χ4n) is 1.97. The second-order valence-corrected chi connectivity index (χ2v) is 4.61. The topological polar surface area (TPSA) is 49.8 Å². The van der Waals surface area contributed by atoms with Gasteiger partial charge in [-0.05, 0) is 47.9 Å². The molecular formula is C13H16N2. The Balaban J connectivity index is 2.55. The minimum atomic E-state index is 0.385. The Morgan fingerprint density at radius 3 is 2.53 bits per heavy atom. The molecule has 0 spiro atoms. The molecule has 0 unspecified atom stereocenters. The molecule has 1 aliphatic carbocycles. The lowest BCUT2D eigenvalue weighted by Crippen LogP contribution is -2.02. The first kappa shape index (κ1) is 10.0. The molecule has 0 aromatic heterocycles. The lowest BCUT2D eigenvalue weighted by Gasteiger charge is -2.14. The van der Waals surface area contributed by atoms with Gasteiger partial charge in [0.1, 0.15) is 0 Å². The summed E-state index contributed by atoms with van der Waals surface area (Å²) in [6, 6.07) is 6.10. The third-order valence-corrected chi connectivity index (χ3v) is 3.01. The van der Waals surface area contributed by atoms with Gasteiger partial charge in [-0.3, -0.25) is 0 Å². The van der Waals surface area contributed by atoms with Crippen molar-refractivity contribution in [1.29, 1.82) is 5.26 Å². The highest BCUT2D eigenvalue weighted by atomic mass is 14.6. The maximum Gasteiger partial charge on any atom is 0.0991 e. The van der Waals surface area contributed by atoms with E-state index in [-0.39, 0.29) is 0 Å². The molecule has 0 atom stereocenters. The van der Waals surface area contributed by atoms with Gasteiger partial charge >= 0.3 is 0 Å². The Bertz CT molecular complexity index is 400. The van der Waals surface area contributed by atoms with Crippen LogP contribution in [0, 0.1) is 11.3 Å². The standard InChI is InChI=1S/C13H16N2/c1-8(2)11-5-9(7-14)6-12(13(11)15)10-3-4-10/h5-6,8,10H,3-4,15H2,1-2H3. The molecule has 1 fully saturated rings. The molecule has 1 saturated carbocycles. The zero-order valence-electron chi connectivity index (χ0n) is 9.25. The van der Waals surface area contributed by atoms with Gasteiger partial charge in [0, 0.05) is 5.69 Å². The van der Waals surface area contributed by atoms with Crippen molar-refractivity contribution >= 4 is 5.69 Å². The molecular weight excluding hydrogens is 184 g/mol. The Morgan fingerprint density at radius 2 is 2.07 bits per heavy atom. The first-order valence-corrected chi connectivity index (χ1v) is 5.47. The molecule has 2 N–H and O–H groups in total. The van der Waals surface area contributed by atoms with E-state index in [0.717, 1.165) is 16.8 Å². The average Bonchev–Trinajstić information content (AvgIpc) is 3.01. The highest BCUT2D eigenvalue weighted by Gasteiger charge is 2.27. The molecule has 1 aliphatic rings. The third-order valence-electron chi connectivity index (χ3n) is 3.01. The van der Waals surface area contributed by atoms with Gasteiger partial charge in [0.15, 0.2) is 0 Å². The zero-order chi connectivity index (χ0) is 11.0. The van der Waals surface area contributed by atoms with Gasteiger partial charge in [-0.15, -0.1) is 0 Å². The molecule has 2 nitrogen and oxygen atoms in total. The molecule has 0 bridgehead atoms. The molecule has 0 aliphatic heterocycles.